The maximum absolute atomic E-state index is 6.49. The molecule has 23 heavy (non-hydrogen) atoms. The minimum absolute atomic E-state index is 0.262. The van der Waals surface area contributed by atoms with Crippen LogP contribution in [0.3, 0.4) is 0 Å². The summed E-state index contributed by atoms with van der Waals surface area (Å²) in [5.74, 6) is 1.66. The van der Waals surface area contributed by atoms with Crippen LogP contribution in [0.15, 0.2) is 47.6 Å². The van der Waals surface area contributed by atoms with Crippen LogP contribution >= 0.6 is 23.2 Å². The van der Waals surface area contributed by atoms with Crippen LogP contribution in [0.1, 0.15) is 22.9 Å². The molecule has 3 aromatic rings. The zero-order valence-electron chi connectivity index (χ0n) is 11.9. The summed E-state index contributed by atoms with van der Waals surface area (Å²) in [6, 6.07) is 11.4. The van der Waals surface area contributed by atoms with Gasteiger partial charge in [-0.15, -0.1) is 21.8 Å². The van der Waals surface area contributed by atoms with Crippen molar-refractivity contribution in [3.63, 3.8) is 0 Å². The van der Waals surface area contributed by atoms with E-state index in [0.717, 1.165) is 28.5 Å². The Balaban J connectivity index is 2.02. The highest BCUT2D eigenvalue weighted by Gasteiger charge is 2.24. The number of nitrogens with zero attached hydrogens (tertiary/aromatic N) is 5. The molecule has 0 radical (unpaired) electrons. The molecule has 114 valence electrons. The molecule has 4 rings (SSSR count). The van der Waals surface area contributed by atoms with Gasteiger partial charge in [0.1, 0.15) is 6.54 Å². The summed E-state index contributed by atoms with van der Waals surface area (Å²) in [5.41, 5.74) is 3.21. The Morgan fingerprint density at radius 2 is 2.00 bits per heavy atom. The van der Waals surface area contributed by atoms with Gasteiger partial charge in [0, 0.05) is 11.8 Å². The summed E-state index contributed by atoms with van der Waals surface area (Å²) in [6.07, 6.45) is 1.74. The van der Waals surface area contributed by atoms with Gasteiger partial charge in [0.2, 0.25) is 0 Å². The average Bonchev–Trinajstić information content (AvgIpc) is 2.92. The number of halogens is 2. The van der Waals surface area contributed by atoms with Crippen molar-refractivity contribution in [2.75, 3.05) is 0 Å². The zero-order chi connectivity index (χ0) is 15.8. The van der Waals surface area contributed by atoms with E-state index in [0.29, 0.717) is 17.4 Å². The molecule has 0 amide bonds. The van der Waals surface area contributed by atoms with Gasteiger partial charge in [-0.05, 0) is 24.3 Å². The van der Waals surface area contributed by atoms with Crippen molar-refractivity contribution in [2.45, 2.75) is 12.4 Å². The lowest BCUT2D eigenvalue weighted by atomic mass is 10.0. The Morgan fingerprint density at radius 3 is 2.78 bits per heavy atom. The number of hydrogen-bond acceptors (Lipinski definition) is 4. The summed E-state index contributed by atoms with van der Waals surface area (Å²) in [7, 11) is 0. The molecule has 1 aromatic carbocycles. The van der Waals surface area contributed by atoms with E-state index in [2.05, 4.69) is 20.2 Å². The van der Waals surface area contributed by atoms with Crippen LogP contribution in [-0.4, -0.2) is 25.5 Å². The molecule has 7 heteroatoms. The minimum Gasteiger partial charge on any atom is -0.280 e. The second-order valence-corrected chi connectivity index (χ2v) is 5.69. The highest BCUT2D eigenvalue weighted by molar-refractivity contribution is 6.36. The van der Waals surface area contributed by atoms with E-state index in [-0.39, 0.29) is 5.88 Å². The van der Waals surface area contributed by atoms with Crippen LogP contribution in [-0.2, 0) is 12.4 Å². The third-order valence-corrected chi connectivity index (χ3v) is 4.23. The summed E-state index contributed by atoms with van der Waals surface area (Å²) in [4.78, 5) is 9.10. The van der Waals surface area contributed by atoms with Crippen molar-refractivity contribution in [3.05, 3.63) is 70.5 Å². The van der Waals surface area contributed by atoms with E-state index in [1.807, 2.05) is 41.0 Å². The molecule has 0 spiro atoms. The standard InChI is InChI=1S/C16H11Cl2N5/c17-8-13-21-22-14-9-20-16(11-5-1-2-7-19-11)15-10(18)4-3-6-12(15)23(13)14/h1-7H,8-9H2. The number of aromatic nitrogens is 4. The molecule has 0 N–H and O–H groups in total. The Kier molecular flexibility index (Phi) is 3.59. The predicted molar refractivity (Wildman–Crippen MR) is 89.5 cm³/mol. The van der Waals surface area contributed by atoms with E-state index >= 15 is 0 Å². The molecule has 1 aliphatic rings. The fourth-order valence-corrected chi connectivity index (χ4v) is 3.13. The number of pyridine rings is 1. The zero-order valence-corrected chi connectivity index (χ0v) is 13.5. The van der Waals surface area contributed by atoms with Gasteiger partial charge in [0.05, 0.1) is 28.0 Å². The summed E-state index contributed by atoms with van der Waals surface area (Å²) in [5, 5.41) is 8.95. The van der Waals surface area contributed by atoms with Gasteiger partial charge in [-0.1, -0.05) is 23.7 Å². The fraction of sp³-hybridized carbons (Fsp3) is 0.125. The van der Waals surface area contributed by atoms with Crippen LogP contribution in [0.25, 0.3) is 5.69 Å². The van der Waals surface area contributed by atoms with Gasteiger partial charge < -0.3 is 0 Å². The maximum Gasteiger partial charge on any atom is 0.159 e. The van der Waals surface area contributed by atoms with Gasteiger partial charge in [0.15, 0.2) is 11.6 Å². The molecule has 0 saturated heterocycles. The number of fused-ring (bicyclic) bond motifs is 3. The Labute approximate surface area is 142 Å². The van der Waals surface area contributed by atoms with Crippen LogP contribution < -0.4 is 0 Å². The van der Waals surface area contributed by atoms with E-state index in [4.69, 9.17) is 23.2 Å². The van der Waals surface area contributed by atoms with Gasteiger partial charge in [-0.3, -0.25) is 14.5 Å². The van der Waals surface area contributed by atoms with E-state index < -0.39 is 0 Å². The molecule has 0 fully saturated rings. The molecule has 3 heterocycles. The maximum atomic E-state index is 6.49. The predicted octanol–water partition coefficient (Wildman–Crippen LogP) is 3.41. The molecule has 1 aliphatic heterocycles. The molecule has 0 bridgehead atoms. The van der Waals surface area contributed by atoms with Crippen molar-refractivity contribution >= 4 is 28.9 Å². The lowest BCUT2D eigenvalue weighted by molar-refractivity contribution is 0.858. The number of hydrogen-bond donors (Lipinski definition) is 0. The quantitative estimate of drug-likeness (QED) is 0.670. The smallest absolute Gasteiger partial charge is 0.159 e. The third kappa shape index (κ3) is 2.33. The molecule has 0 unspecified atom stereocenters. The first-order chi connectivity index (χ1) is 11.3. The van der Waals surface area contributed by atoms with E-state index in [9.17, 15) is 0 Å². The minimum atomic E-state index is 0.262. The molecular weight excluding hydrogens is 333 g/mol. The van der Waals surface area contributed by atoms with Gasteiger partial charge >= 0.3 is 0 Å². The van der Waals surface area contributed by atoms with Crippen molar-refractivity contribution in [2.24, 2.45) is 4.99 Å². The molecular formula is C16H11Cl2N5. The number of rotatable bonds is 2. The van der Waals surface area contributed by atoms with E-state index in [1.165, 1.54) is 0 Å². The number of alkyl halides is 1. The molecule has 0 saturated carbocycles. The van der Waals surface area contributed by atoms with E-state index in [1.54, 1.807) is 6.20 Å². The third-order valence-electron chi connectivity index (χ3n) is 3.67. The lowest BCUT2D eigenvalue weighted by Crippen LogP contribution is -2.10. The molecule has 0 aliphatic carbocycles. The Bertz CT molecular complexity index is 902. The second-order valence-electron chi connectivity index (χ2n) is 5.02. The topological polar surface area (TPSA) is 56.0 Å². The van der Waals surface area contributed by atoms with Crippen molar-refractivity contribution in [3.8, 4) is 5.69 Å². The van der Waals surface area contributed by atoms with Crippen molar-refractivity contribution in [1.82, 2.24) is 19.7 Å². The lowest BCUT2D eigenvalue weighted by Gasteiger charge is -2.13. The second kappa shape index (κ2) is 5.76. The molecule has 5 nitrogen and oxygen atoms in total. The molecule has 2 aromatic heterocycles. The van der Waals surface area contributed by atoms with Crippen molar-refractivity contribution < 1.29 is 0 Å². The van der Waals surface area contributed by atoms with Gasteiger partial charge in [0.25, 0.3) is 0 Å². The monoisotopic (exact) mass is 343 g/mol. The van der Waals surface area contributed by atoms with Crippen LogP contribution in [0.4, 0.5) is 0 Å². The summed E-state index contributed by atoms with van der Waals surface area (Å²) >= 11 is 12.5. The van der Waals surface area contributed by atoms with Gasteiger partial charge in [-0.25, -0.2) is 0 Å². The largest absolute Gasteiger partial charge is 0.280 e. The number of benzene rings is 1. The number of aliphatic imine (C=N–C) groups is 1. The summed E-state index contributed by atoms with van der Waals surface area (Å²) in [6.45, 7) is 0.390. The molecule has 0 atom stereocenters. The SMILES string of the molecule is ClCc1nnc2n1-c1cccc(Cl)c1C(c1ccccn1)=NC2. The first kappa shape index (κ1) is 14.4. The highest BCUT2D eigenvalue weighted by atomic mass is 35.5. The van der Waals surface area contributed by atoms with Crippen LogP contribution in [0.2, 0.25) is 5.02 Å². The summed E-state index contributed by atoms with van der Waals surface area (Å²) < 4.78 is 1.92. The Morgan fingerprint density at radius 1 is 1.09 bits per heavy atom. The van der Waals surface area contributed by atoms with Crippen LogP contribution in [0, 0.1) is 0 Å². The first-order valence-corrected chi connectivity index (χ1v) is 7.95. The average molecular weight is 344 g/mol. The highest BCUT2D eigenvalue weighted by Crippen LogP contribution is 2.30. The van der Waals surface area contributed by atoms with Gasteiger partial charge in [-0.2, -0.15) is 0 Å². The van der Waals surface area contributed by atoms with Crippen LogP contribution in [0.5, 0.6) is 0 Å². The van der Waals surface area contributed by atoms with Crippen molar-refractivity contribution in [1.29, 1.82) is 0 Å². The normalized spacial score (nSPS) is 13.0. The first-order valence-electron chi connectivity index (χ1n) is 7.04. The fourth-order valence-electron chi connectivity index (χ4n) is 2.69. The Hall–Kier alpha value is -2.24.